The molecule has 0 saturated heterocycles. The second-order valence-electron chi connectivity index (χ2n) is 6.67. The number of carbonyl (C=O) groups excluding carboxylic acids is 1. The maximum absolute atomic E-state index is 12.3. The van der Waals surface area contributed by atoms with Crippen molar-refractivity contribution in [3.05, 3.63) is 63.2 Å². The summed E-state index contributed by atoms with van der Waals surface area (Å²) in [6, 6.07) is 5.00. The molecule has 0 aliphatic heterocycles. The maximum atomic E-state index is 12.3. The molecule has 1 amide bonds. The Bertz CT molecular complexity index is 855. The molecule has 0 radical (unpaired) electrons. The number of H-pyrrole nitrogens is 1. The highest BCUT2D eigenvalue weighted by Crippen LogP contribution is 2.31. The minimum Gasteiger partial charge on any atom is -0.393 e. The van der Waals surface area contributed by atoms with Gasteiger partial charge in [-0.05, 0) is 42.9 Å². The average Bonchev–Trinajstić information content (AvgIpc) is 2.58. The molecule has 1 aliphatic carbocycles. The molecule has 0 aromatic carbocycles. The molecule has 2 aromatic rings. The van der Waals surface area contributed by atoms with Crippen molar-refractivity contribution in [1.29, 1.82) is 0 Å². The van der Waals surface area contributed by atoms with E-state index in [4.69, 9.17) is 0 Å². The van der Waals surface area contributed by atoms with Crippen molar-refractivity contribution in [3.8, 4) is 0 Å². The van der Waals surface area contributed by atoms with Crippen LogP contribution in [-0.2, 0) is 17.8 Å². The molecule has 0 unspecified atom stereocenters. The van der Waals surface area contributed by atoms with Crippen molar-refractivity contribution in [3.63, 3.8) is 0 Å². The Morgan fingerprint density at radius 1 is 1.31 bits per heavy atom. The van der Waals surface area contributed by atoms with Crippen LogP contribution in [0.3, 0.4) is 0 Å². The second-order valence-corrected chi connectivity index (χ2v) is 6.67. The Labute approximate surface area is 149 Å². The number of nitrogens with zero attached hydrogens (tertiary/aromatic N) is 2. The molecule has 8 nitrogen and oxygen atoms in total. The highest BCUT2D eigenvalue weighted by atomic mass is 16.3. The zero-order valence-corrected chi connectivity index (χ0v) is 14.3. The van der Waals surface area contributed by atoms with Crippen LogP contribution in [0.1, 0.15) is 24.8 Å². The van der Waals surface area contributed by atoms with E-state index in [2.05, 4.69) is 15.3 Å². The molecule has 1 atom stereocenters. The molecule has 26 heavy (non-hydrogen) atoms. The highest BCUT2D eigenvalue weighted by Gasteiger charge is 2.34. The van der Waals surface area contributed by atoms with E-state index in [0.717, 1.165) is 5.56 Å². The fraction of sp³-hybridized carbons (Fsp3) is 0.444. The predicted molar refractivity (Wildman–Crippen MR) is 94.5 cm³/mol. The van der Waals surface area contributed by atoms with E-state index in [1.54, 1.807) is 12.4 Å². The summed E-state index contributed by atoms with van der Waals surface area (Å²) in [6.45, 7) is 0.191. The summed E-state index contributed by atoms with van der Waals surface area (Å²) in [7, 11) is 0. The predicted octanol–water partition coefficient (Wildman–Crippen LogP) is -0.180. The van der Waals surface area contributed by atoms with Crippen LogP contribution in [0.15, 0.2) is 46.4 Å². The molecular formula is C18H22N4O4. The van der Waals surface area contributed by atoms with Crippen LogP contribution in [-0.4, -0.2) is 37.7 Å². The Morgan fingerprint density at radius 3 is 2.69 bits per heavy atom. The lowest BCUT2D eigenvalue weighted by Gasteiger charge is -2.38. The number of aliphatic hydroxyl groups is 1. The standard InChI is InChI=1S/C18H22N4O4/c23-14-10-13(11-14)15(9-12-1-5-19-6-2-12)20-16(24)3-7-22-8-4-17(25)21-18(22)26/h1-2,4-6,8,13-15,23H,3,7,9-11H2,(H,20,24)(H,21,25,26)/t13?,14?,15-/m0/s1. The highest BCUT2D eigenvalue weighted by molar-refractivity contribution is 5.76. The number of nitrogens with one attached hydrogen (secondary N) is 2. The molecule has 3 rings (SSSR count). The van der Waals surface area contributed by atoms with Crippen molar-refractivity contribution in [2.45, 2.75) is 44.4 Å². The van der Waals surface area contributed by atoms with Crippen molar-refractivity contribution in [1.82, 2.24) is 19.9 Å². The lowest BCUT2D eigenvalue weighted by molar-refractivity contribution is -0.123. The minimum atomic E-state index is -0.527. The topological polar surface area (TPSA) is 117 Å². The molecule has 2 aromatic heterocycles. The van der Waals surface area contributed by atoms with E-state index in [1.807, 2.05) is 12.1 Å². The van der Waals surface area contributed by atoms with Gasteiger partial charge in [0.15, 0.2) is 0 Å². The Hall–Kier alpha value is -2.74. The lowest BCUT2D eigenvalue weighted by atomic mass is 9.75. The van der Waals surface area contributed by atoms with Crippen LogP contribution in [0.5, 0.6) is 0 Å². The van der Waals surface area contributed by atoms with Crippen LogP contribution >= 0.6 is 0 Å². The van der Waals surface area contributed by atoms with Gasteiger partial charge < -0.3 is 15.0 Å². The number of hydrogen-bond acceptors (Lipinski definition) is 5. The zero-order chi connectivity index (χ0) is 18.5. The molecule has 1 fully saturated rings. The van der Waals surface area contributed by atoms with Crippen LogP contribution in [0.2, 0.25) is 0 Å². The van der Waals surface area contributed by atoms with Crippen molar-refractivity contribution >= 4 is 5.91 Å². The number of aromatic amines is 1. The van der Waals surface area contributed by atoms with Crippen molar-refractivity contribution < 1.29 is 9.90 Å². The number of aromatic nitrogens is 3. The van der Waals surface area contributed by atoms with E-state index < -0.39 is 11.2 Å². The van der Waals surface area contributed by atoms with Gasteiger partial charge in [-0.15, -0.1) is 0 Å². The first-order chi connectivity index (χ1) is 12.5. The Kier molecular flexibility index (Phi) is 5.62. The number of rotatable bonds is 7. The summed E-state index contributed by atoms with van der Waals surface area (Å²) in [5, 5.41) is 12.6. The van der Waals surface area contributed by atoms with Crippen molar-refractivity contribution in [2.24, 2.45) is 5.92 Å². The van der Waals surface area contributed by atoms with Gasteiger partial charge in [0.25, 0.3) is 5.56 Å². The molecule has 0 bridgehead atoms. The van der Waals surface area contributed by atoms with Gasteiger partial charge in [0.05, 0.1) is 6.10 Å². The van der Waals surface area contributed by atoms with Crippen LogP contribution < -0.4 is 16.6 Å². The van der Waals surface area contributed by atoms with Gasteiger partial charge in [0.1, 0.15) is 0 Å². The maximum Gasteiger partial charge on any atom is 0.328 e. The molecule has 1 saturated carbocycles. The normalized spacial score (nSPS) is 20.2. The molecule has 138 valence electrons. The first kappa shape index (κ1) is 18.1. The van der Waals surface area contributed by atoms with Gasteiger partial charge in [0, 0.05) is 43.7 Å². The second kappa shape index (κ2) is 8.09. The van der Waals surface area contributed by atoms with Crippen LogP contribution in [0, 0.1) is 5.92 Å². The Balaban J connectivity index is 1.59. The third-order valence-corrected chi connectivity index (χ3v) is 4.75. The number of aliphatic hydroxyl groups excluding tert-OH is 1. The zero-order valence-electron chi connectivity index (χ0n) is 14.3. The third-order valence-electron chi connectivity index (χ3n) is 4.75. The van der Waals surface area contributed by atoms with E-state index in [-0.39, 0.29) is 36.9 Å². The van der Waals surface area contributed by atoms with Crippen LogP contribution in [0.4, 0.5) is 0 Å². The number of amides is 1. The first-order valence-corrected chi connectivity index (χ1v) is 8.67. The van der Waals surface area contributed by atoms with Crippen molar-refractivity contribution in [2.75, 3.05) is 0 Å². The quantitative estimate of drug-likeness (QED) is 0.635. The largest absolute Gasteiger partial charge is 0.393 e. The number of aryl methyl sites for hydroxylation is 1. The van der Waals surface area contributed by atoms with E-state index >= 15 is 0 Å². The van der Waals surface area contributed by atoms with E-state index in [9.17, 15) is 19.5 Å². The number of pyridine rings is 1. The van der Waals surface area contributed by atoms with Gasteiger partial charge in [-0.2, -0.15) is 0 Å². The molecule has 8 heteroatoms. The summed E-state index contributed by atoms with van der Waals surface area (Å²) in [4.78, 5) is 41.2. The minimum absolute atomic E-state index is 0.0689. The smallest absolute Gasteiger partial charge is 0.328 e. The molecule has 0 spiro atoms. The third kappa shape index (κ3) is 4.66. The van der Waals surface area contributed by atoms with Gasteiger partial charge in [0.2, 0.25) is 5.91 Å². The van der Waals surface area contributed by atoms with Gasteiger partial charge in [-0.25, -0.2) is 4.79 Å². The summed E-state index contributed by atoms with van der Waals surface area (Å²) >= 11 is 0. The fourth-order valence-corrected chi connectivity index (χ4v) is 3.19. The average molecular weight is 358 g/mol. The first-order valence-electron chi connectivity index (χ1n) is 8.67. The summed E-state index contributed by atoms with van der Waals surface area (Å²) in [5.74, 6) is 0.0708. The van der Waals surface area contributed by atoms with E-state index in [0.29, 0.717) is 19.3 Å². The summed E-state index contributed by atoms with van der Waals surface area (Å²) < 4.78 is 1.30. The summed E-state index contributed by atoms with van der Waals surface area (Å²) in [6.07, 6.45) is 6.67. The van der Waals surface area contributed by atoms with Crippen LogP contribution in [0.25, 0.3) is 0 Å². The summed E-state index contributed by atoms with van der Waals surface area (Å²) in [5.41, 5.74) is 0.0842. The molecular weight excluding hydrogens is 336 g/mol. The fourth-order valence-electron chi connectivity index (χ4n) is 3.19. The van der Waals surface area contributed by atoms with Gasteiger partial charge in [-0.1, -0.05) is 0 Å². The SMILES string of the molecule is O=C(CCn1ccc(=O)[nH]c1=O)N[C@@H](Cc1ccncc1)C1CC(O)C1. The molecule has 2 heterocycles. The van der Waals surface area contributed by atoms with E-state index in [1.165, 1.54) is 16.8 Å². The Morgan fingerprint density at radius 2 is 2.04 bits per heavy atom. The van der Waals surface area contributed by atoms with Gasteiger partial charge in [-0.3, -0.25) is 19.6 Å². The molecule has 1 aliphatic rings. The lowest BCUT2D eigenvalue weighted by Crippen LogP contribution is -2.48. The molecule has 3 N–H and O–H groups in total. The van der Waals surface area contributed by atoms with Gasteiger partial charge >= 0.3 is 5.69 Å². The monoisotopic (exact) mass is 358 g/mol. The number of carbonyl (C=O) groups is 1. The number of hydrogen-bond donors (Lipinski definition) is 3.